The van der Waals surface area contributed by atoms with E-state index in [-0.39, 0.29) is 6.42 Å². The van der Waals surface area contributed by atoms with E-state index >= 15 is 0 Å². The van der Waals surface area contributed by atoms with Crippen molar-refractivity contribution in [1.29, 1.82) is 0 Å². The third-order valence-corrected chi connectivity index (χ3v) is 4.15. The lowest BCUT2D eigenvalue weighted by molar-refractivity contribution is -0.138. The second-order valence-electron chi connectivity index (χ2n) is 3.58. The quantitative estimate of drug-likeness (QED) is 0.767. The topological polar surface area (TPSA) is 97.5 Å². The second-order valence-corrected chi connectivity index (χ2v) is 7.95. The van der Waals surface area contributed by atoms with Crippen molar-refractivity contribution in [2.75, 3.05) is 6.26 Å². The lowest BCUT2D eigenvalue weighted by atomic mass is 10.1. The maximum atomic E-state index is 11.1. The highest BCUT2D eigenvalue weighted by molar-refractivity contribution is 8.71. The summed E-state index contributed by atoms with van der Waals surface area (Å²) in [4.78, 5) is 11.1. The van der Waals surface area contributed by atoms with Crippen molar-refractivity contribution in [2.24, 2.45) is 5.73 Å². The van der Waals surface area contributed by atoms with E-state index in [0.29, 0.717) is 10.5 Å². The third kappa shape index (κ3) is 5.20. The Morgan fingerprint density at radius 3 is 2.71 bits per heavy atom. The van der Waals surface area contributed by atoms with Crippen LogP contribution in [0, 0.1) is 0 Å². The summed E-state index contributed by atoms with van der Waals surface area (Å²) in [6.45, 7) is 0. The zero-order valence-corrected chi connectivity index (χ0v) is 10.8. The first kappa shape index (κ1) is 14.0. The second kappa shape index (κ2) is 5.52. The van der Waals surface area contributed by atoms with Gasteiger partial charge in [0, 0.05) is 21.9 Å². The fourth-order valence-corrected chi connectivity index (χ4v) is 3.28. The smallest absolute Gasteiger partial charge is 0.320 e. The molecule has 0 bridgehead atoms. The molecule has 1 aromatic rings. The molecule has 94 valence electrons. The van der Waals surface area contributed by atoms with Gasteiger partial charge in [0.05, 0.1) is 0 Å². The van der Waals surface area contributed by atoms with Crippen molar-refractivity contribution in [3.8, 4) is 0 Å². The lowest BCUT2D eigenvalue weighted by Gasteiger charge is -2.07. The Kier molecular flexibility index (Phi) is 4.55. The number of carbonyl (C=O) groups is 1. The molecular weight excluding hydrogens is 262 g/mol. The Balaban J connectivity index is 2.83. The Bertz CT molecular complexity index is 513. The Morgan fingerprint density at radius 2 is 2.18 bits per heavy atom. The fourth-order valence-electron chi connectivity index (χ4n) is 1.24. The van der Waals surface area contributed by atoms with Crippen LogP contribution in [0.3, 0.4) is 0 Å². The number of carboxylic acid groups (broad SMARTS) is 1. The predicted octanol–water partition coefficient (Wildman–Crippen LogP) is 0.693. The van der Waals surface area contributed by atoms with Crippen LogP contribution in [0.2, 0.25) is 0 Å². The molecule has 1 unspecified atom stereocenters. The monoisotopic (exact) mass is 275 g/mol. The fraction of sp³-hybridized carbons (Fsp3) is 0.300. The van der Waals surface area contributed by atoms with Gasteiger partial charge in [0.2, 0.25) is 8.87 Å². The van der Waals surface area contributed by atoms with Gasteiger partial charge in [-0.3, -0.25) is 4.79 Å². The summed E-state index contributed by atoms with van der Waals surface area (Å²) in [7, 11) is -2.44. The zero-order valence-electron chi connectivity index (χ0n) is 9.16. The molecule has 17 heavy (non-hydrogen) atoms. The molecule has 0 fully saturated rings. The van der Waals surface area contributed by atoms with Crippen LogP contribution in [0.1, 0.15) is 5.56 Å². The Hall–Kier alpha value is -1.05. The van der Waals surface area contributed by atoms with Crippen LogP contribution >= 0.6 is 10.8 Å². The third-order valence-electron chi connectivity index (χ3n) is 1.92. The molecule has 5 nitrogen and oxygen atoms in total. The molecule has 0 aliphatic rings. The molecule has 0 aliphatic heterocycles. The first-order chi connectivity index (χ1) is 7.78. The molecule has 7 heteroatoms. The average Bonchev–Trinajstić information content (AvgIpc) is 2.15. The summed E-state index contributed by atoms with van der Waals surface area (Å²) in [5.74, 6) is -1.08. The van der Waals surface area contributed by atoms with Crippen molar-refractivity contribution in [1.82, 2.24) is 0 Å². The van der Waals surface area contributed by atoms with Gasteiger partial charge in [0.15, 0.2) is 0 Å². The molecule has 1 rings (SSSR count). The summed E-state index contributed by atoms with van der Waals surface area (Å²) in [5.41, 5.74) is 6.10. The molecule has 0 saturated carbocycles. The minimum absolute atomic E-state index is 0.174. The van der Waals surface area contributed by atoms with Crippen molar-refractivity contribution in [3.63, 3.8) is 0 Å². The van der Waals surface area contributed by atoms with Gasteiger partial charge in [-0.25, -0.2) is 8.42 Å². The summed E-state index contributed by atoms with van der Waals surface area (Å²) < 4.78 is 22.2. The molecule has 0 heterocycles. The molecule has 0 radical (unpaired) electrons. The summed E-state index contributed by atoms with van der Waals surface area (Å²) in [5, 5.41) is 8.67. The van der Waals surface area contributed by atoms with E-state index in [2.05, 4.69) is 0 Å². The minimum atomic E-state index is -3.17. The van der Waals surface area contributed by atoms with Gasteiger partial charge >= 0.3 is 5.97 Å². The number of hydrogen-bond donors (Lipinski definition) is 2. The number of carboxylic acids is 1. The van der Waals surface area contributed by atoms with Gasteiger partial charge in [0.1, 0.15) is 6.04 Å². The standard InChI is InChI=1S/C10H13NO4S2/c1-17(14,15)16-8-4-2-3-7(5-8)6-9(11)10(12)13/h2-5,9H,6,11H2,1H3,(H,12,13). The molecular formula is C10H13NO4S2. The summed E-state index contributed by atoms with van der Waals surface area (Å²) >= 11 is 0. The molecule has 3 N–H and O–H groups in total. The van der Waals surface area contributed by atoms with Gasteiger partial charge in [-0.2, -0.15) is 0 Å². The molecule has 0 amide bonds. The van der Waals surface area contributed by atoms with Crippen LogP contribution in [-0.2, 0) is 20.1 Å². The van der Waals surface area contributed by atoms with Crippen LogP contribution in [-0.4, -0.2) is 31.8 Å². The van der Waals surface area contributed by atoms with Crippen molar-refractivity contribution in [2.45, 2.75) is 17.4 Å². The Labute approximate surface area is 103 Å². The van der Waals surface area contributed by atoms with Crippen LogP contribution in [0.15, 0.2) is 29.2 Å². The first-order valence-electron chi connectivity index (χ1n) is 4.75. The number of hydrogen-bond acceptors (Lipinski definition) is 5. The van der Waals surface area contributed by atoms with E-state index in [1.165, 1.54) is 0 Å². The Morgan fingerprint density at radius 1 is 1.53 bits per heavy atom. The van der Waals surface area contributed by atoms with E-state index in [1.807, 2.05) is 0 Å². The minimum Gasteiger partial charge on any atom is -0.480 e. The highest BCUT2D eigenvalue weighted by Crippen LogP contribution is 2.24. The molecule has 1 atom stereocenters. The van der Waals surface area contributed by atoms with Crippen LogP contribution in [0.25, 0.3) is 0 Å². The largest absolute Gasteiger partial charge is 0.480 e. The molecule has 1 aromatic carbocycles. The van der Waals surface area contributed by atoms with E-state index in [0.717, 1.165) is 17.0 Å². The van der Waals surface area contributed by atoms with Crippen LogP contribution in [0.4, 0.5) is 0 Å². The highest BCUT2D eigenvalue weighted by Gasteiger charge is 2.13. The zero-order chi connectivity index (χ0) is 13.1. The molecule has 0 spiro atoms. The van der Waals surface area contributed by atoms with E-state index in [9.17, 15) is 13.2 Å². The highest BCUT2D eigenvalue weighted by atomic mass is 33.1. The number of nitrogens with two attached hydrogens (primary N) is 1. The maximum absolute atomic E-state index is 11.1. The maximum Gasteiger partial charge on any atom is 0.320 e. The van der Waals surface area contributed by atoms with Crippen molar-refractivity contribution < 1.29 is 18.3 Å². The van der Waals surface area contributed by atoms with Crippen molar-refractivity contribution in [3.05, 3.63) is 29.8 Å². The van der Waals surface area contributed by atoms with E-state index in [1.54, 1.807) is 24.3 Å². The van der Waals surface area contributed by atoms with E-state index < -0.39 is 20.9 Å². The van der Waals surface area contributed by atoms with Crippen LogP contribution in [0.5, 0.6) is 0 Å². The number of rotatable bonds is 5. The normalized spacial score (nSPS) is 13.3. The lowest BCUT2D eigenvalue weighted by Crippen LogP contribution is -2.32. The first-order valence-corrected chi connectivity index (χ1v) is 7.97. The molecule has 0 saturated heterocycles. The van der Waals surface area contributed by atoms with Gasteiger partial charge in [-0.1, -0.05) is 12.1 Å². The van der Waals surface area contributed by atoms with Gasteiger partial charge in [-0.05, 0) is 24.1 Å². The van der Waals surface area contributed by atoms with Gasteiger partial charge < -0.3 is 10.8 Å². The van der Waals surface area contributed by atoms with Gasteiger partial charge in [-0.15, -0.1) is 0 Å². The number of benzene rings is 1. The SMILES string of the molecule is CS(=O)(=O)Sc1cccc(CC(N)C(=O)O)c1. The van der Waals surface area contributed by atoms with Crippen LogP contribution < -0.4 is 5.73 Å². The molecule has 0 aliphatic carbocycles. The average molecular weight is 275 g/mol. The van der Waals surface area contributed by atoms with E-state index in [4.69, 9.17) is 10.8 Å². The predicted molar refractivity (Wildman–Crippen MR) is 66.5 cm³/mol. The van der Waals surface area contributed by atoms with Gasteiger partial charge in [0.25, 0.3) is 0 Å². The summed E-state index contributed by atoms with van der Waals surface area (Å²) in [6.07, 6.45) is 1.29. The number of aliphatic carboxylic acids is 1. The molecule has 0 aromatic heterocycles. The summed E-state index contributed by atoms with van der Waals surface area (Å²) in [6, 6.07) is 5.70. The van der Waals surface area contributed by atoms with Crippen molar-refractivity contribution >= 4 is 25.6 Å².